The summed E-state index contributed by atoms with van der Waals surface area (Å²) in [6.07, 6.45) is 3.49. The maximum Gasteiger partial charge on any atom is 0.161 e. The van der Waals surface area contributed by atoms with Crippen molar-refractivity contribution in [2.75, 3.05) is 13.2 Å². The largest absolute Gasteiger partial charge is 0.490 e. The van der Waals surface area contributed by atoms with Gasteiger partial charge in [0.2, 0.25) is 0 Å². The Kier molecular flexibility index (Phi) is 5.51. The van der Waals surface area contributed by atoms with E-state index < -0.39 is 0 Å². The van der Waals surface area contributed by atoms with Gasteiger partial charge in [0.15, 0.2) is 11.5 Å². The predicted molar refractivity (Wildman–Crippen MR) is 87.1 cm³/mol. The second-order valence-electron chi connectivity index (χ2n) is 6.47. The Morgan fingerprint density at radius 2 is 1.86 bits per heavy atom. The summed E-state index contributed by atoms with van der Waals surface area (Å²) in [4.78, 5) is 0. The lowest BCUT2D eigenvalue weighted by Gasteiger charge is -2.51. The molecule has 3 nitrogen and oxygen atoms in total. The number of hydrogen-bond donors (Lipinski definition) is 1. The van der Waals surface area contributed by atoms with Crippen LogP contribution in [0.25, 0.3) is 0 Å². The van der Waals surface area contributed by atoms with Crippen LogP contribution in [0.15, 0.2) is 24.3 Å². The number of rotatable bonds is 8. The Morgan fingerprint density at radius 1 is 1.14 bits per heavy atom. The average Bonchev–Trinajstić information content (AvgIpc) is 2.49. The van der Waals surface area contributed by atoms with Crippen LogP contribution >= 0.6 is 0 Å². The van der Waals surface area contributed by atoms with Gasteiger partial charge in [-0.25, -0.2) is 0 Å². The van der Waals surface area contributed by atoms with Crippen molar-refractivity contribution >= 4 is 0 Å². The minimum Gasteiger partial charge on any atom is -0.490 e. The number of hydrogen-bond acceptors (Lipinski definition) is 3. The molecule has 0 radical (unpaired) electrons. The molecule has 1 aliphatic carbocycles. The van der Waals surface area contributed by atoms with E-state index in [0.29, 0.717) is 6.04 Å². The van der Waals surface area contributed by atoms with Crippen LogP contribution in [0.5, 0.6) is 11.5 Å². The molecule has 118 valence electrons. The molecule has 21 heavy (non-hydrogen) atoms. The van der Waals surface area contributed by atoms with Gasteiger partial charge in [-0.15, -0.1) is 0 Å². The Hall–Kier alpha value is -1.22. The zero-order valence-electron chi connectivity index (χ0n) is 13.8. The van der Waals surface area contributed by atoms with Crippen LogP contribution in [0, 0.1) is 5.41 Å². The third-order valence-electron chi connectivity index (χ3n) is 4.40. The highest BCUT2D eigenvalue weighted by Crippen LogP contribution is 2.44. The van der Waals surface area contributed by atoms with E-state index in [9.17, 15) is 0 Å². The van der Waals surface area contributed by atoms with E-state index in [0.717, 1.165) is 37.5 Å². The summed E-state index contributed by atoms with van der Waals surface area (Å²) >= 11 is 0. The van der Waals surface area contributed by atoms with E-state index in [1.807, 2.05) is 24.3 Å². The number of nitrogens with one attached hydrogen (secondary N) is 1. The maximum atomic E-state index is 6.24. The van der Waals surface area contributed by atoms with Crippen molar-refractivity contribution in [3.8, 4) is 11.5 Å². The second-order valence-corrected chi connectivity index (χ2v) is 6.47. The SMILES string of the molecule is CCCNC1CC(Oc2ccccc2OCCC)C1(C)C. The Bertz CT molecular complexity index is 445. The zero-order valence-corrected chi connectivity index (χ0v) is 13.8. The zero-order chi connectivity index (χ0) is 15.3. The van der Waals surface area contributed by atoms with Crippen LogP contribution in [-0.4, -0.2) is 25.3 Å². The summed E-state index contributed by atoms with van der Waals surface area (Å²) in [5, 5.41) is 3.61. The second kappa shape index (κ2) is 7.17. The van der Waals surface area contributed by atoms with Gasteiger partial charge in [-0.1, -0.05) is 39.8 Å². The van der Waals surface area contributed by atoms with E-state index >= 15 is 0 Å². The van der Waals surface area contributed by atoms with Crippen molar-refractivity contribution in [3.05, 3.63) is 24.3 Å². The molecule has 1 aromatic rings. The van der Waals surface area contributed by atoms with Gasteiger partial charge in [-0.3, -0.25) is 0 Å². The van der Waals surface area contributed by atoms with Crippen LogP contribution < -0.4 is 14.8 Å². The molecule has 0 heterocycles. The van der Waals surface area contributed by atoms with Crippen molar-refractivity contribution in [1.82, 2.24) is 5.32 Å². The van der Waals surface area contributed by atoms with Gasteiger partial charge in [-0.2, -0.15) is 0 Å². The number of ether oxygens (including phenoxy) is 2. The fourth-order valence-electron chi connectivity index (χ4n) is 2.78. The molecule has 2 atom stereocenters. The molecule has 0 aliphatic heterocycles. The molecule has 3 heteroatoms. The van der Waals surface area contributed by atoms with E-state index in [2.05, 4.69) is 33.0 Å². The lowest BCUT2D eigenvalue weighted by molar-refractivity contribution is -0.0557. The summed E-state index contributed by atoms with van der Waals surface area (Å²) < 4.78 is 12.0. The van der Waals surface area contributed by atoms with Gasteiger partial charge in [0.05, 0.1) is 6.61 Å². The fourth-order valence-corrected chi connectivity index (χ4v) is 2.78. The van der Waals surface area contributed by atoms with Crippen molar-refractivity contribution in [3.63, 3.8) is 0 Å². The normalized spacial score (nSPS) is 23.4. The van der Waals surface area contributed by atoms with Crippen molar-refractivity contribution in [2.45, 2.75) is 59.1 Å². The molecule has 0 amide bonds. The lowest BCUT2D eigenvalue weighted by Crippen LogP contribution is -2.62. The minimum absolute atomic E-state index is 0.160. The quantitative estimate of drug-likeness (QED) is 0.784. The lowest BCUT2D eigenvalue weighted by atomic mass is 9.64. The first kappa shape index (κ1) is 16.2. The maximum absolute atomic E-state index is 6.24. The van der Waals surface area contributed by atoms with Gasteiger partial charge in [0, 0.05) is 17.9 Å². The van der Waals surface area contributed by atoms with Crippen molar-refractivity contribution < 1.29 is 9.47 Å². The standard InChI is InChI=1S/C18H29NO2/c1-5-11-19-16-13-17(18(16,3)4)21-15-10-8-7-9-14(15)20-12-6-2/h7-10,16-17,19H,5-6,11-13H2,1-4H3. The van der Waals surface area contributed by atoms with E-state index in [1.165, 1.54) is 6.42 Å². The van der Waals surface area contributed by atoms with E-state index in [1.54, 1.807) is 0 Å². The fraction of sp³-hybridized carbons (Fsp3) is 0.667. The molecule has 0 bridgehead atoms. The minimum atomic E-state index is 0.160. The Balaban J connectivity index is 1.97. The summed E-state index contributed by atoms with van der Waals surface area (Å²) in [5.74, 6) is 1.73. The average molecular weight is 291 g/mol. The molecular weight excluding hydrogens is 262 g/mol. The third kappa shape index (κ3) is 3.70. The summed E-state index contributed by atoms with van der Waals surface area (Å²) in [5.41, 5.74) is 0.160. The molecule has 1 N–H and O–H groups in total. The predicted octanol–water partition coefficient (Wildman–Crippen LogP) is 4.02. The molecule has 0 saturated heterocycles. The van der Waals surface area contributed by atoms with E-state index in [-0.39, 0.29) is 11.5 Å². The number of para-hydroxylation sites is 2. The first-order valence-corrected chi connectivity index (χ1v) is 8.21. The van der Waals surface area contributed by atoms with Gasteiger partial charge < -0.3 is 14.8 Å². The third-order valence-corrected chi connectivity index (χ3v) is 4.40. The van der Waals surface area contributed by atoms with Crippen LogP contribution in [0.1, 0.15) is 47.0 Å². The first-order chi connectivity index (χ1) is 10.1. The topological polar surface area (TPSA) is 30.5 Å². The van der Waals surface area contributed by atoms with Crippen molar-refractivity contribution in [1.29, 1.82) is 0 Å². The van der Waals surface area contributed by atoms with Gasteiger partial charge in [0.25, 0.3) is 0 Å². The molecule has 2 unspecified atom stereocenters. The molecule has 0 aromatic heterocycles. The molecule has 1 saturated carbocycles. The smallest absolute Gasteiger partial charge is 0.161 e. The highest BCUT2D eigenvalue weighted by Gasteiger charge is 2.49. The van der Waals surface area contributed by atoms with Gasteiger partial charge >= 0.3 is 0 Å². The molecule has 1 aliphatic rings. The highest BCUT2D eigenvalue weighted by molar-refractivity contribution is 5.40. The van der Waals surface area contributed by atoms with Gasteiger partial charge in [-0.05, 0) is 31.5 Å². The molecular formula is C18H29NO2. The molecule has 0 spiro atoms. The van der Waals surface area contributed by atoms with Crippen LogP contribution in [-0.2, 0) is 0 Å². The summed E-state index contributed by atoms with van der Waals surface area (Å²) in [6, 6.07) is 8.55. The Morgan fingerprint density at radius 3 is 2.48 bits per heavy atom. The molecule has 2 rings (SSSR count). The molecule has 1 aromatic carbocycles. The van der Waals surface area contributed by atoms with Crippen molar-refractivity contribution in [2.24, 2.45) is 5.41 Å². The summed E-state index contributed by atoms with van der Waals surface area (Å²) in [7, 11) is 0. The summed E-state index contributed by atoms with van der Waals surface area (Å²) in [6.45, 7) is 10.7. The number of benzene rings is 1. The van der Waals surface area contributed by atoms with Crippen LogP contribution in [0.3, 0.4) is 0 Å². The van der Waals surface area contributed by atoms with Gasteiger partial charge in [0.1, 0.15) is 6.10 Å². The first-order valence-electron chi connectivity index (χ1n) is 8.21. The monoisotopic (exact) mass is 291 g/mol. The molecule has 1 fully saturated rings. The van der Waals surface area contributed by atoms with Crippen LogP contribution in [0.2, 0.25) is 0 Å². The highest BCUT2D eigenvalue weighted by atomic mass is 16.5. The van der Waals surface area contributed by atoms with Crippen LogP contribution in [0.4, 0.5) is 0 Å². The van der Waals surface area contributed by atoms with E-state index in [4.69, 9.17) is 9.47 Å². The Labute approximate surface area is 129 Å².